The van der Waals surface area contributed by atoms with Crippen LogP contribution in [0.2, 0.25) is 0 Å². The number of furan rings is 1. The molecular weight excluding hydrogens is 396 g/mol. The van der Waals surface area contributed by atoms with E-state index in [2.05, 4.69) is 15.3 Å². The fourth-order valence-electron chi connectivity index (χ4n) is 3.85. The van der Waals surface area contributed by atoms with Gasteiger partial charge in [-0.1, -0.05) is 11.3 Å². The summed E-state index contributed by atoms with van der Waals surface area (Å²) in [4.78, 5) is 33.6. The fourth-order valence-corrected chi connectivity index (χ4v) is 3.85. The highest BCUT2D eigenvalue weighted by Crippen LogP contribution is 2.22. The van der Waals surface area contributed by atoms with E-state index in [0.29, 0.717) is 48.7 Å². The lowest BCUT2D eigenvalue weighted by molar-refractivity contribution is 0.0517. The second-order valence-electron chi connectivity index (χ2n) is 7.36. The Morgan fingerprint density at radius 1 is 0.935 bits per heavy atom. The van der Waals surface area contributed by atoms with Crippen molar-refractivity contribution in [2.45, 2.75) is 6.92 Å². The van der Waals surface area contributed by atoms with Gasteiger partial charge in [-0.2, -0.15) is 4.68 Å². The summed E-state index contributed by atoms with van der Waals surface area (Å²) < 4.78 is 6.85. The number of hydrogen-bond acceptors (Lipinski definition) is 6. The largest absolute Gasteiger partial charge is 0.459 e. The van der Waals surface area contributed by atoms with Crippen LogP contribution in [0, 0.1) is 6.92 Å². The van der Waals surface area contributed by atoms with Crippen LogP contribution in [0.15, 0.2) is 59.3 Å². The minimum Gasteiger partial charge on any atom is -0.459 e. The molecule has 1 saturated heterocycles. The monoisotopic (exact) mass is 416 g/mol. The average Bonchev–Trinajstić information content (AvgIpc) is 3.49. The summed E-state index contributed by atoms with van der Waals surface area (Å²) >= 11 is 0. The molecule has 3 aromatic heterocycles. The van der Waals surface area contributed by atoms with Crippen LogP contribution in [0.5, 0.6) is 0 Å². The molecule has 0 aliphatic carbocycles. The van der Waals surface area contributed by atoms with Crippen LogP contribution in [0.4, 0.5) is 0 Å². The maximum Gasteiger partial charge on any atom is 0.289 e. The summed E-state index contributed by atoms with van der Waals surface area (Å²) in [6.45, 7) is 3.74. The van der Waals surface area contributed by atoms with Crippen LogP contribution in [0.25, 0.3) is 16.9 Å². The first-order valence-electron chi connectivity index (χ1n) is 10.0. The van der Waals surface area contributed by atoms with Gasteiger partial charge in [-0.25, -0.2) is 4.98 Å². The Balaban J connectivity index is 1.36. The van der Waals surface area contributed by atoms with E-state index in [4.69, 9.17) is 4.42 Å². The SMILES string of the molecule is Cc1c(C(=O)N2CCN(C(=O)c3ccco3)CC2)cccc1-n1nnc2cccnc21. The van der Waals surface area contributed by atoms with Crippen molar-refractivity contribution in [3.05, 3.63) is 71.8 Å². The summed E-state index contributed by atoms with van der Waals surface area (Å²) in [6, 6.07) is 12.5. The van der Waals surface area contributed by atoms with E-state index in [1.54, 1.807) is 32.8 Å². The molecule has 0 bridgehead atoms. The van der Waals surface area contributed by atoms with E-state index in [9.17, 15) is 9.59 Å². The second kappa shape index (κ2) is 7.67. The zero-order chi connectivity index (χ0) is 21.4. The Morgan fingerprint density at radius 3 is 2.45 bits per heavy atom. The molecule has 1 fully saturated rings. The third kappa shape index (κ3) is 3.33. The van der Waals surface area contributed by atoms with Gasteiger partial charge in [0.25, 0.3) is 11.8 Å². The van der Waals surface area contributed by atoms with E-state index in [1.807, 2.05) is 37.3 Å². The van der Waals surface area contributed by atoms with E-state index < -0.39 is 0 Å². The summed E-state index contributed by atoms with van der Waals surface area (Å²) in [5.41, 5.74) is 3.50. The standard InChI is InChI=1S/C22H20N6O3/c1-15-16(5-2-7-18(15)28-20-17(24-25-28)6-3-9-23-20)21(29)26-10-12-27(13-11-26)22(30)19-8-4-14-31-19/h2-9,14H,10-13H2,1H3. The quantitative estimate of drug-likeness (QED) is 0.508. The molecule has 156 valence electrons. The number of benzene rings is 1. The molecule has 1 aromatic carbocycles. The van der Waals surface area contributed by atoms with Gasteiger partial charge in [0.15, 0.2) is 11.4 Å². The van der Waals surface area contributed by atoms with Gasteiger partial charge in [-0.05, 0) is 48.9 Å². The smallest absolute Gasteiger partial charge is 0.289 e. The maximum atomic E-state index is 13.3. The van der Waals surface area contributed by atoms with Crippen molar-refractivity contribution in [3.8, 4) is 5.69 Å². The van der Waals surface area contributed by atoms with Crippen LogP contribution >= 0.6 is 0 Å². The van der Waals surface area contributed by atoms with Crippen LogP contribution in [-0.4, -0.2) is 67.8 Å². The van der Waals surface area contributed by atoms with Gasteiger partial charge in [-0.15, -0.1) is 5.10 Å². The van der Waals surface area contributed by atoms with Crippen molar-refractivity contribution in [3.63, 3.8) is 0 Å². The molecule has 9 heteroatoms. The lowest BCUT2D eigenvalue weighted by atomic mass is 10.0. The van der Waals surface area contributed by atoms with Crippen molar-refractivity contribution in [1.29, 1.82) is 0 Å². The van der Waals surface area contributed by atoms with Crippen molar-refractivity contribution >= 4 is 23.0 Å². The summed E-state index contributed by atoms with van der Waals surface area (Å²) in [5, 5.41) is 8.38. The van der Waals surface area contributed by atoms with Crippen molar-refractivity contribution < 1.29 is 14.0 Å². The highest BCUT2D eigenvalue weighted by atomic mass is 16.3. The van der Waals surface area contributed by atoms with Gasteiger partial charge in [0.05, 0.1) is 12.0 Å². The van der Waals surface area contributed by atoms with E-state index in [-0.39, 0.29) is 11.8 Å². The lowest BCUT2D eigenvalue weighted by Gasteiger charge is -2.34. The third-order valence-corrected chi connectivity index (χ3v) is 5.56. The number of aromatic nitrogens is 4. The number of carbonyl (C=O) groups is 2. The molecule has 4 aromatic rings. The zero-order valence-electron chi connectivity index (χ0n) is 16.9. The molecule has 0 N–H and O–H groups in total. The molecule has 5 rings (SSSR count). The predicted octanol–water partition coefficient (Wildman–Crippen LogP) is 2.32. The van der Waals surface area contributed by atoms with Gasteiger partial charge >= 0.3 is 0 Å². The van der Waals surface area contributed by atoms with E-state index in [1.165, 1.54) is 6.26 Å². The molecule has 1 aliphatic rings. The molecule has 31 heavy (non-hydrogen) atoms. The van der Waals surface area contributed by atoms with Gasteiger partial charge in [0.1, 0.15) is 5.52 Å². The lowest BCUT2D eigenvalue weighted by Crippen LogP contribution is -2.50. The van der Waals surface area contributed by atoms with E-state index >= 15 is 0 Å². The first-order valence-corrected chi connectivity index (χ1v) is 10.0. The molecule has 0 unspecified atom stereocenters. The molecular formula is C22H20N6O3. The zero-order valence-corrected chi connectivity index (χ0v) is 16.9. The Bertz CT molecular complexity index is 1260. The van der Waals surface area contributed by atoms with Crippen LogP contribution < -0.4 is 0 Å². The molecule has 0 radical (unpaired) electrons. The number of piperazine rings is 1. The van der Waals surface area contributed by atoms with Gasteiger partial charge in [0, 0.05) is 37.9 Å². The Hall–Kier alpha value is -4.01. The summed E-state index contributed by atoms with van der Waals surface area (Å²) in [7, 11) is 0. The van der Waals surface area contributed by atoms with Gasteiger partial charge in [-0.3, -0.25) is 9.59 Å². The first kappa shape index (κ1) is 19.0. The molecule has 1 aliphatic heterocycles. The highest BCUT2D eigenvalue weighted by Gasteiger charge is 2.27. The third-order valence-electron chi connectivity index (χ3n) is 5.56. The number of pyridine rings is 1. The van der Waals surface area contributed by atoms with Gasteiger partial charge in [0.2, 0.25) is 0 Å². The fraction of sp³-hybridized carbons (Fsp3) is 0.227. The highest BCUT2D eigenvalue weighted by molar-refractivity contribution is 5.97. The van der Waals surface area contributed by atoms with Crippen molar-refractivity contribution in [2.75, 3.05) is 26.2 Å². The Kier molecular flexibility index (Phi) is 4.70. The number of amides is 2. The Labute approximate surface area is 177 Å². The van der Waals surface area contributed by atoms with Crippen molar-refractivity contribution in [1.82, 2.24) is 29.8 Å². The molecule has 0 saturated carbocycles. The number of nitrogens with zero attached hydrogens (tertiary/aromatic N) is 6. The summed E-state index contributed by atoms with van der Waals surface area (Å²) in [5.74, 6) is 0.0969. The molecule has 0 spiro atoms. The molecule has 4 heterocycles. The van der Waals surface area contributed by atoms with Gasteiger partial charge < -0.3 is 14.2 Å². The number of hydrogen-bond donors (Lipinski definition) is 0. The number of carbonyl (C=O) groups excluding carboxylic acids is 2. The minimum atomic E-state index is -0.152. The van der Waals surface area contributed by atoms with Crippen LogP contribution in [0.1, 0.15) is 26.5 Å². The summed E-state index contributed by atoms with van der Waals surface area (Å²) in [6.07, 6.45) is 3.17. The second-order valence-corrected chi connectivity index (χ2v) is 7.36. The minimum absolute atomic E-state index is 0.0678. The molecule has 0 atom stereocenters. The van der Waals surface area contributed by atoms with Crippen molar-refractivity contribution in [2.24, 2.45) is 0 Å². The topological polar surface area (TPSA) is 97.4 Å². The first-order chi connectivity index (χ1) is 15.1. The normalized spacial score (nSPS) is 14.2. The average molecular weight is 416 g/mol. The van der Waals surface area contributed by atoms with Crippen LogP contribution in [-0.2, 0) is 0 Å². The van der Waals surface area contributed by atoms with Crippen LogP contribution in [0.3, 0.4) is 0 Å². The number of fused-ring (bicyclic) bond motifs is 1. The number of rotatable bonds is 3. The Morgan fingerprint density at radius 2 is 1.71 bits per heavy atom. The van der Waals surface area contributed by atoms with E-state index in [0.717, 1.165) is 11.3 Å². The molecule has 2 amide bonds. The maximum absolute atomic E-state index is 13.3. The molecule has 9 nitrogen and oxygen atoms in total. The predicted molar refractivity (Wildman–Crippen MR) is 112 cm³/mol.